The fraction of sp³-hybridized carbons (Fsp3) is 0.188. The summed E-state index contributed by atoms with van der Waals surface area (Å²) in [6.07, 6.45) is 0.416. The van der Waals surface area contributed by atoms with E-state index in [1.807, 2.05) is 26.0 Å². The molecule has 0 aliphatic rings. The average molecular weight is 385 g/mol. The molecule has 2 rings (SSSR count). The Labute approximate surface area is 132 Å². The van der Waals surface area contributed by atoms with Crippen LogP contribution in [0.15, 0.2) is 36.4 Å². The van der Waals surface area contributed by atoms with Crippen molar-refractivity contribution in [2.45, 2.75) is 20.3 Å². The van der Waals surface area contributed by atoms with Gasteiger partial charge in [0.1, 0.15) is 0 Å². The highest BCUT2D eigenvalue weighted by Crippen LogP contribution is 2.21. The highest BCUT2D eigenvalue weighted by atomic mass is 127. The highest BCUT2D eigenvalue weighted by molar-refractivity contribution is 14.1. The lowest BCUT2D eigenvalue weighted by atomic mass is 10.00. The molecule has 0 radical (unpaired) electrons. The average Bonchev–Trinajstić information content (AvgIpc) is 2.31. The molecule has 0 N–H and O–H groups in total. The van der Waals surface area contributed by atoms with Gasteiger partial charge in [-0.3, -0.25) is 4.79 Å². The number of carbonyl (C=O) groups excluding carboxylic acids is 1. The first-order valence-electron chi connectivity index (χ1n) is 6.01. The molecule has 0 saturated carbocycles. The summed E-state index contributed by atoms with van der Waals surface area (Å²) >= 11 is 8.21. The molecule has 3 heteroatoms. The third-order valence-corrected chi connectivity index (χ3v) is 4.46. The van der Waals surface area contributed by atoms with E-state index in [9.17, 15) is 4.79 Å². The summed E-state index contributed by atoms with van der Waals surface area (Å²) in [5.41, 5.74) is 4.09. The van der Waals surface area contributed by atoms with E-state index in [4.69, 9.17) is 11.6 Å². The Morgan fingerprint density at radius 1 is 1.11 bits per heavy atom. The third-order valence-electron chi connectivity index (χ3n) is 2.89. The van der Waals surface area contributed by atoms with Gasteiger partial charge in [-0.25, -0.2) is 0 Å². The van der Waals surface area contributed by atoms with E-state index in [1.54, 1.807) is 6.07 Å². The SMILES string of the molecule is Cc1cc(C)cc(CC(=O)c2ccc(I)c(Cl)c2)c1. The van der Waals surface area contributed by atoms with Crippen molar-refractivity contribution < 1.29 is 4.79 Å². The van der Waals surface area contributed by atoms with Crippen molar-refractivity contribution >= 4 is 40.0 Å². The topological polar surface area (TPSA) is 17.1 Å². The molecule has 98 valence electrons. The minimum atomic E-state index is 0.100. The summed E-state index contributed by atoms with van der Waals surface area (Å²) in [5, 5.41) is 0.631. The number of benzene rings is 2. The molecule has 0 heterocycles. The Balaban J connectivity index is 2.22. The van der Waals surface area contributed by atoms with Crippen LogP contribution in [0.2, 0.25) is 5.02 Å². The summed E-state index contributed by atoms with van der Waals surface area (Å²) in [7, 11) is 0. The summed E-state index contributed by atoms with van der Waals surface area (Å²) in [6.45, 7) is 4.09. The highest BCUT2D eigenvalue weighted by Gasteiger charge is 2.09. The van der Waals surface area contributed by atoms with Gasteiger partial charge in [-0.05, 0) is 54.1 Å². The normalized spacial score (nSPS) is 10.5. The van der Waals surface area contributed by atoms with Crippen LogP contribution in [0, 0.1) is 17.4 Å². The molecule has 19 heavy (non-hydrogen) atoms. The molecule has 0 saturated heterocycles. The van der Waals surface area contributed by atoms with Crippen LogP contribution < -0.4 is 0 Å². The number of rotatable bonds is 3. The lowest BCUT2D eigenvalue weighted by molar-refractivity contribution is 0.0993. The van der Waals surface area contributed by atoms with Gasteiger partial charge in [0, 0.05) is 15.6 Å². The van der Waals surface area contributed by atoms with Gasteiger partial charge < -0.3 is 0 Å². The van der Waals surface area contributed by atoms with Crippen LogP contribution in [0.4, 0.5) is 0 Å². The van der Waals surface area contributed by atoms with E-state index in [-0.39, 0.29) is 5.78 Å². The van der Waals surface area contributed by atoms with Crippen molar-refractivity contribution in [3.8, 4) is 0 Å². The number of Topliss-reactive ketones (excluding diaryl/α,β-unsaturated/α-hetero) is 1. The van der Waals surface area contributed by atoms with E-state index in [0.29, 0.717) is 17.0 Å². The number of ketones is 1. The number of carbonyl (C=O) groups is 1. The lowest BCUT2D eigenvalue weighted by Crippen LogP contribution is -2.04. The molecule has 1 nitrogen and oxygen atoms in total. The third kappa shape index (κ3) is 3.80. The maximum absolute atomic E-state index is 12.2. The zero-order valence-electron chi connectivity index (χ0n) is 10.8. The van der Waals surface area contributed by atoms with Crippen molar-refractivity contribution in [2.75, 3.05) is 0 Å². The summed E-state index contributed by atoms with van der Waals surface area (Å²) in [6, 6.07) is 11.7. The number of hydrogen-bond acceptors (Lipinski definition) is 1. The quantitative estimate of drug-likeness (QED) is 0.538. The van der Waals surface area contributed by atoms with Gasteiger partial charge in [-0.15, -0.1) is 0 Å². The van der Waals surface area contributed by atoms with Crippen molar-refractivity contribution in [3.05, 3.63) is 67.2 Å². The molecular weight excluding hydrogens is 371 g/mol. The van der Waals surface area contributed by atoms with Crippen molar-refractivity contribution in [2.24, 2.45) is 0 Å². The van der Waals surface area contributed by atoms with Crippen LogP contribution in [0.1, 0.15) is 27.0 Å². The van der Waals surface area contributed by atoms with E-state index < -0.39 is 0 Å². The molecule has 0 fully saturated rings. The minimum absolute atomic E-state index is 0.100. The monoisotopic (exact) mass is 384 g/mol. The molecule has 0 spiro atoms. The Morgan fingerprint density at radius 3 is 2.32 bits per heavy atom. The van der Waals surface area contributed by atoms with Crippen LogP contribution in [0.3, 0.4) is 0 Å². The first-order valence-corrected chi connectivity index (χ1v) is 7.47. The maximum atomic E-state index is 12.2. The molecule has 2 aromatic carbocycles. The van der Waals surface area contributed by atoms with Crippen molar-refractivity contribution in [1.29, 1.82) is 0 Å². The van der Waals surface area contributed by atoms with Crippen LogP contribution in [0.5, 0.6) is 0 Å². The predicted octanol–water partition coefficient (Wildman–Crippen LogP) is 4.99. The van der Waals surface area contributed by atoms with Crippen LogP contribution >= 0.6 is 34.2 Å². The van der Waals surface area contributed by atoms with Crippen LogP contribution in [0.25, 0.3) is 0 Å². The number of halogens is 2. The molecule has 0 atom stereocenters. The van der Waals surface area contributed by atoms with Gasteiger partial charge in [0.05, 0.1) is 5.02 Å². The summed E-state index contributed by atoms with van der Waals surface area (Å²) in [4.78, 5) is 12.2. The van der Waals surface area contributed by atoms with Crippen molar-refractivity contribution in [3.63, 3.8) is 0 Å². The first kappa shape index (κ1) is 14.5. The van der Waals surface area contributed by atoms with Gasteiger partial charge in [0.2, 0.25) is 0 Å². The smallest absolute Gasteiger partial charge is 0.167 e. The fourth-order valence-electron chi connectivity index (χ4n) is 2.13. The Hall–Kier alpha value is -0.870. The number of aryl methyl sites for hydroxylation is 2. The molecule has 0 aliphatic heterocycles. The number of hydrogen-bond donors (Lipinski definition) is 0. The summed E-state index contributed by atoms with van der Waals surface area (Å²) < 4.78 is 0.960. The van der Waals surface area contributed by atoms with Gasteiger partial charge in [0.15, 0.2) is 5.78 Å². The summed E-state index contributed by atoms with van der Waals surface area (Å²) in [5.74, 6) is 0.100. The van der Waals surface area contributed by atoms with Gasteiger partial charge >= 0.3 is 0 Å². The standard InChI is InChI=1S/C16H14ClIO/c1-10-5-11(2)7-12(6-10)8-16(19)13-3-4-15(18)14(17)9-13/h3-7,9H,8H2,1-2H3. The molecule has 2 aromatic rings. The van der Waals surface area contributed by atoms with E-state index in [0.717, 1.165) is 9.13 Å². The maximum Gasteiger partial charge on any atom is 0.167 e. The Morgan fingerprint density at radius 2 is 1.74 bits per heavy atom. The second-order valence-electron chi connectivity index (χ2n) is 4.72. The molecule has 0 aliphatic carbocycles. The van der Waals surface area contributed by atoms with E-state index in [2.05, 4.69) is 40.8 Å². The van der Waals surface area contributed by atoms with Gasteiger partial charge in [0.25, 0.3) is 0 Å². The fourth-order valence-corrected chi connectivity index (χ4v) is 2.64. The second-order valence-corrected chi connectivity index (χ2v) is 6.29. The zero-order chi connectivity index (χ0) is 14.0. The van der Waals surface area contributed by atoms with E-state index >= 15 is 0 Å². The van der Waals surface area contributed by atoms with Gasteiger partial charge in [-0.2, -0.15) is 0 Å². The van der Waals surface area contributed by atoms with Crippen LogP contribution in [-0.4, -0.2) is 5.78 Å². The van der Waals surface area contributed by atoms with Gasteiger partial charge in [-0.1, -0.05) is 47.0 Å². The second kappa shape index (κ2) is 6.06. The lowest BCUT2D eigenvalue weighted by Gasteiger charge is -2.06. The zero-order valence-corrected chi connectivity index (χ0v) is 13.7. The molecule has 0 amide bonds. The first-order chi connectivity index (χ1) is 8.95. The minimum Gasteiger partial charge on any atom is -0.294 e. The Bertz CT molecular complexity index is 614. The predicted molar refractivity (Wildman–Crippen MR) is 88.1 cm³/mol. The van der Waals surface area contributed by atoms with Crippen molar-refractivity contribution in [1.82, 2.24) is 0 Å². The largest absolute Gasteiger partial charge is 0.294 e. The molecule has 0 aromatic heterocycles. The Kier molecular flexibility index (Phi) is 4.63. The molecule has 0 bridgehead atoms. The van der Waals surface area contributed by atoms with E-state index in [1.165, 1.54) is 11.1 Å². The molecule has 0 unspecified atom stereocenters. The van der Waals surface area contributed by atoms with Crippen LogP contribution in [-0.2, 0) is 6.42 Å². The molecular formula is C16H14ClIO.